The average Bonchev–Trinajstić information content (AvgIpc) is 3.31. The SMILES string of the molecule is Cc1[nH+]c(-c2ccc(C(F)(F)F)cc2)sc1COc1cc(CC(=O)O)cc2cc[nH]c12. The smallest absolute Gasteiger partial charge is 0.416 e. The zero-order chi connectivity index (χ0) is 22.2. The van der Waals surface area contributed by atoms with Crippen LogP contribution in [0.25, 0.3) is 21.5 Å². The van der Waals surface area contributed by atoms with Gasteiger partial charge >= 0.3 is 12.1 Å². The summed E-state index contributed by atoms with van der Waals surface area (Å²) in [6.07, 6.45) is -2.72. The van der Waals surface area contributed by atoms with Crippen LogP contribution in [0, 0.1) is 6.92 Å². The van der Waals surface area contributed by atoms with Crippen molar-refractivity contribution in [3.05, 3.63) is 70.4 Å². The number of aromatic amines is 2. The highest BCUT2D eigenvalue weighted by Gasteiger charge is 2.30. The van der Waals surface area contributed by atoms with Crippen molar-refractivity contribution in [3.8, 4) is 16.3 Å². The molecule has 0 saturated carbocycles. The fourth-order valence-corrected chi connectivity index (χ4v) is 4.30. The number of halogens is 3. The second-order valence-corrected chi connectivity index (χ2v) is 8.18. The molecule has 0 aliphatic carbocycles. The summed E-state index contributed by atoms with van der Waals surface area (Å²) in [6, 6.07) is 10.4. The van der Waals surface area contributed by atoms with Crippen LogP contribution in [0.4, 0.5) is 13.2 Å². The van der Waals surface area contributed by atoms with E-state index in [0.29, 0.717) is 16.9 Å². The first-order valence-electron chi connectivity index (χ1n) is 9.34. The number of alkyl halides is 3. The Morgan fingerprint density at radius 3 is 2.61 bits per heavy atom. The second kappa shape index (κ2) is 8.07. The zero-order valence-electron chi connectivity index (χ0n) is 16.3. The quantitative estimate of drug-likeness (QED) is 0.424. The van der Waals surface area contributed by atoms with Gasteiger partial charge in [0, 0.05) is 18.5 Å². The fourth-order valence-electron chi connectivity index (χ4n) is 3.28. The van der Waals surface area contributed by atoms with E-state index in [-0.39, 0.29) is 13.0 Å². The normalized spacial score (nSPS) is 11.7. The van der Waals surface area contributed by atoms with Crippen LogP contribution in [-0.2, 0) is 24.0 Å². The standard InChI is InChI=1S/C22H17F3N2O3S/c1-12-18(31-21(27-12)14-2-4-16(5-3-14)22(23,24)25)11-30-17-9-13(10-19(28)29)8-15-6-7-26-20(15)17/h2-9,26H,10-11H2,1H3,(H,28,29)/p+1. The van der Waals surface area contributed by atoms with Gasteiger partial charge in [0.25, 0.3) is 5.01 Å². The predicted molar refractivity (Wildman–Crippen MR) is 110 cm³/mol. The number of benzene rings is 2. The van der Waals surface area contributed by atoms with Crippen LogP contribution in [0.3, 0.4) is 0 Å². The molecule has 160 valence electrons. The Labute approximate surface area is 179 Å². The Morgan fingerprint density at radius 1 is 1.19 bits per heavy atom. The predicted octanol–water partition coefficient (Wildman–Crippen LogP) is 5.24. The van der Waals surface area contributed by atoms with Crippen LogP contribution in [0.2, 0.25) is 0 Å². The van der Waals surface area contributed by atoms with Gasteiger partial charge in [-0.25, -0.2) is 0 Å². The van der Waals surface area contributed by atoms with E-state index in [4.69, 9.17) is 9.84 Å². The highest BCUT2D eigenvalue weighted by molar-refractivity contribution is 7.14. The average molecular weight is 447 g/mol. The Bertz CT molecular complexity index is 1240. The third-order valence-electron chi connectivity index (χ3n) is 4.82. The minimum absolute atomic E-state index is 0.110. The summed E-state index contributed by atoms with van der Waals surface area (Å²) in [4.78, 5) is 18.3. The Hall–Kier alpha value is -3.33. The molecule has 5 nitrogen and oxygen atoms in total. The van der Waals surface area contributed by atoms with E-state index in [1.807, 2.05) is 13.0 Å². The number of hydrogen-bond donors (Lipinski definition) is 2. The van der Waals surface area contributed by atoms with Crippen molar-refractivity contribution in [2.24, 2.45) is 0 Å². The molecule has 2 heterocycles. The molecule has 0 aliphatic heterocycles. The summed E-state index contributed by atoms with van der Waals surface area (Å²) in [5, 5.41) is 10.7. The molecule has 0 atom stereocenters. The number of aromatic nitrogens is 2. The number of hydrogen-bond acceptors (Lipinski definition) is 3. The highest BCUT2D eigenvalue weighted by Crippen LogP contribution is 2.33. The van der Waals surface area contributed by atoms with Gasteiger partial charge in [-0.15, -0.1) is 0 Å². The molecule has 4 rings (SSSR count). The lowest BCUT2D eigenvalue weighted by atomic mass is 10.1. The van der Waals surface area contributed by atoms with E-state index in [1.54, 1.807) is 18.3 Å². The topological polar surface area (TPSA) is 76.5 Å². The fraction of sp³-hybridized carbons (Fsp3) is 0.182. The van der Waals surface area contributed by atoms with Crippen LogP contribution in [-0.4, -0.2) is 16.1 Å². The van der Waals surface area contributed by atoms with E-state index in [9.17, 15) is 18.0 Å². The van der Waals surface area contributed by atoms with E-state index in [1.165, 1.54) is 23.5 Å². The van der Waals surface area contributed by atoms with Crippen molar-refractivity contribution in [2.45, 2.75) is 26.1 Å². The molecule has 3 N–H and O–H groups in total. The summed E-state index contributed by atoms with van der Waals surface area (Å²) in [6.45, 7) is 2.10. The number of ether oxygens (including phenoxy) is 1. The van der Waals surface area contributed by atoms with Gasteiger partial charge in [-0.05, 0) is 48.0 Å². The molecule has 2 aromatic carbocycles. The number of nitrogens with one attached hydrogen (secondary N) is 2. The van der Waals surface area contributed by atoms with E-state index < -0.39 is 17.7 Å². The Kier molecular flexibility index (Phi) is 5.45. The maximum absolute atomic E-state index is 12.8. The van der Waals surface area contributed by atoms with E-state index in [2.05, 4.69) is 9.97 Å². The third-order valence-corrected chi connectivity index (χ3v) is 6.03. The number of rotatable bonds is 6. The van der Waals surface area contributed by atoms with Crippen molar-refractivity contribution in [1.82, 2.24) is 4.98 Å². The Morgan fingerprint density at radius 2 is 1.94 bits per heavy atom. The number of carboxylic acid groups (broad SMARTS) is 1. The largest absolute Gasteiger partial charge is 0.486 e. The zero-order valence-corrected chi connectivity index (χ0v) is 17.2. The summed E-state index contributed by atoms with van der Waals surface area (Å²) >= 11 is 1.40. The number of carboxylic acids is 1. The van der Waals surface area contributed by atoms with Gasteiger partial charge in [0.15, 0.2) is 5.69 Å². The van der Waals surface area contributed by atoms with Crippen molar-refractivity contribution in [2.75, 3.05) is 0 Å². The lowest BCUT2D eigenvalue weighted by Crippen LogP contribution is -2.07. The molecule has 31 heavy (non-hydrogen) atoms. The maximum Gasteiger partial charge on any atom is 0.416 e. The minimum Gasteiger partial charge on any atom is -0.486 e. The highest BCUT2D eigenvalue weighted by atomic mass is 32.1. The van der Waals surface area contributed by atoms with Crippen molar-refractivity contribution < 1.29 is 32.8 Å². The number of fused-ring (bicyclic) bond motifs is 1. The summed E-state index contributed by atoms with van der Waals surface area (Å²) in [7, 11) is 0. The molecular formula is C22H18F3N2O3S+. The molecule has 4 aromatic rings. The molecular weight excluding hydrogens is 429 g/mol. The van der Waals surface area contributed by atoms with Gasteiger partial charge in [-0.1, -0.05) is 11.3 Å². The number of aryl methyl sites for hydroxylation is 1. The van der Waals surface area contributed by atoms with Gasteiger partial charge in [0.1, 0.15) is 17.2 Å². The molecule has 0 unspecified atom stereocenters. The first kappa shape index (κ1) is 20.9. The summed E-state index contributed by atoms with van der Waals surface area (Å²) in [5.41, 5.74) is 2.22. The van der Waals surface area contributed by atoms with Crippen LogP contribution in [0.15, 0.2) is 48.7 Å². The van der Waals surface area contributed by atoms with Gasteiger partial charge in [0.05, 0.1) is 23.1 Å². The monoisotopic (exact) mass is 447 g/mol. The van der Waals surface area contributed by atoms with Crippen LogP contribution < -0.4 is 9.72 Å². The van der Waals surface area contributed by atoms with Gasteiger partial charge in [-0.3, -0.25) is 4.79 Å². The molecule has 2 aromatic heterocycles. The molecule has 9 heteroatoms. The first-order chi connectivity index (χ1) is 14.7. The lowest BCUT2D eigenvalue weighted by Gasteiger charge is -2.08. The van der Waals surface area contributed by atoms with Crippen molar-refractivity contribution in [1.29, 1.82) is 0 Å². The molecule has 0 bridgehead atoms. The molecule has 0 fully saturated rings. The Balaban J connectivity index is 1.56. The van der Waals surface area contributed by atoms with Crippen LogP contribution >= 0.6 is 11.3 Å². The number of H-pyrrole nitrogens is 2. The minimum atomic E-state index is -4.37. The number of thiazole rings is 1. The second-order valence-electron chi connectivity index (χ2n) is 7.07. The number of carbonyl (C=O) groups is 1. The van der Waals surface area contributed by atoms with Crippen molar-refractivity contribution >= 4 is 28.2 Å². The van der Waals surface area contributed by atoms with Crippen LogP contribution in [0.1, 0.15) is 21.7 Å². The molecule has 0 saturated heterocycles. The lowest BCUT2D eigenvalue weighted by molar-refractivity contribution is -0.368. The number of aliphatic carboxylic acids is 1. The molecule has 0 spiro atoms. The van der Waals surface area contributed by atoms with Crippen LogP contribution in [0.5, 0.6) is 5.75 Å². The van der Waals surface area contributed by atoms with Gasteiger partial charge in [-0.2, -0.15) is 18.2 Å². The molecule has 0 aliphatic rings. The first-order valence-corrected chi connectivity index (χ1v) is 10.2. The van der Waals surface area contributed by atoms with E-state index in [0.717, 1.165) is 38.6 Å². The molecule has 0 amide bonds. The van der Waals surface area contributed by atoms with E-state index >= 15 is 0 Å². The maximum atomic E-state index is 12.8. The van der Waals surface area contributed by atoms with Gasteiger partial charge in [0.2, 0.25) is 0 Å². The summed E-state index contributed by atoms with van der Waals surface area (Å²) < 4.78 is 44.3. The summed E-state index contributed by atoms with van der Waals surface area (Å²) in [5.74, 6) is -0.381. The molecule has 0 radical (unpaired) electrons. The van der Waals surface area contributed by atoms with Crippen molar-refractivity contribution in [3.63, 3.8) is 0 Å². The van der Waals surface area contributed by atoms with Gasteiger partial charge < -0.3 is 14.8 Å². The third kappa shape index (κ3) is 4.56.